The summed E-state index contributed by atoms with van der Waals surface area (Å²) in [4.78, 5) is 14.0. The van der Waals surface area contributed by atoms with Gasteiger partial charge < -0.3 is 10.2 Å². The van der Waals surface area contributed by atoms with Crippen molar-refractivity contribution in [1.29, 1.82) is 0 Å². The minimum atomic E-state index is -2.85. The molecule has 1 aromatic heterocycles. The molecule has 1 heterocycles. The molecule has 1 aromatic rings. The molecule has 2 N–H and O–H groups in total. The zero-order chi connectivity index (χ0) is 11.6. The molecule has 0 aliphatic rings. The van der Waals surface area contributed by atoms with Crippen LogP contribution in [0.2, 0.25) is 0 Å². The molecule has 0 fully saturated rings. The van der Waals surface area contributed by atoms with Crippen molar-refractivity contribution in [2.24, 2.45) is 0 Å². The lowest BCUT2D eigenvalue weighted by Gasteiger charge is -2.10. The molecule has 0 amide bonds. The van der Waals surface area contributed by atoms with E-state index < -0.39 is 30.1 Å². The monoisotopic (exact) mass is 217 g/mol. The number of aryl methyl sites for hydroxylation is 1. The summed E-state index contributed by atoms with van der Waals surface area (Å²) >= 11 is 0. The van der Waals surface area contributed by atoms with Gasteiger partial charge >= 0.3 is 5.97 Å². The van der Waals surface area contributed by atoms with Crippen molar-refractivity contribution in [1.82, 2.24) is 4.98 Å². The summed E-state index contributed by atoms with van der Waals surface area (Å²) in [6, 6.07) is 0. The molecule has 0 aromatic carbocycles. The summed E-state index contributed by atoms with van der Waals surface area (Å²) in [6.07, 6.45) is -2.61. The Morgan fingerprint density at radius 1 is 1.60 bits per heavy atom. The van der Waals surface area contributed by atoms with Gasteiger partial charge in [-0.05, 0) is 6.92 Å². The zero-order valence-corrected chi connectivity index (χ0v) is 7.87. The highest BCUT2D eigenvalue weighted by Crippen LogP contribution is 2.30. The first-order valence-electron chi connectivity index (χ1n) is 4.10. The van der Waals surface area contributed by atoms with Crippen LogP contribution in [0.15, 0.2) is 6.20 Å². The van der Waals surface area contributed by atoms with Crippen molar-refractivity contribution in [2.75, 3.05) is 0 Å². The van der Waals surface area contributed by atoms with Gasteiger partial charge in [-0.25, -0.2) is 8.78 Å². The van der Waals surface area contributed by atoms with E-state index in [9.17, 15) is 18.7 Å². The highest BCUT2D eigenvalue weighted by Gasteiger charge is 2.20. The van der Waals surface area contributed by atoms with Crippen molar-refractivity contribution in [2.45, 2.75) is 19.8 Å². The van der Waals surface area contributed by atoms with Gasteiger partial charge in [0.05, 0.1) is 12.1 Å². The minimum absolute atomic E-state index is 0.135. The first-order chi connectivity index (χ1) is 6.93. The van der Waals surface area contributed by atoms with Crippen molar-refractivity contribution >= 4 is 5.97 Å². The fourth-order valence-electron chi connectivity index (χ4n) is 1.19. The Kier molecular flexibility index (Phi) is 3.18. The Labute approximate surface area is 84.2 Å². The lowest BCUT2D eigenvalue weighted by Crippen LogP contribution is -2.06. The molecule has 0 aliphatic carbocycles. The summed E-state index contributed by atoms with van der Waals surface area (Å²) in [5, 5.41) is 17.9. The first kappa shape index (κ1) is 11.4. The van der Waals surface area contributed by atoms with Gasteiger partial charge in [0, 0.05) is 17.3 Å². The molecule has 0 radical (unpaired) electrons. The van der Waals surface area contributed by atoms with E-state index in [1.807, 2.05) is 0 Å². The zero-order valence-electron chi connectivity index (χ0n) is 7.87. The number of aromatic nitrogens is 1. The summed E-state index contributed by atoms with van der Waals surface area (Å²) in [6.45, 7) is 1.41. The van der Waals surface area contributed by atoms with Crippen LogP contribution < -0.4 is 0 Å². The van der Waals surface area contributed by atoms with E-state index in [4.69, 9.17) is 5.11 Å². The number of carboxylic acids is 1. The molecule has 4 nitrogen and oxygen atoms in total. The van der Waals surface area contributed by atoms with Crippen LogP contribution in [0.3, 0.4) is 0 Å². The quantitative estimate of drug-likeness (QED) is 0.807. The summed E-state index contributed by atoms with van der Waals surface area (Å²) < 4.78 is 24.9. The van der Waals surface area contributed by atoms with Gasteiger partial charge in [-0.2, -0.15) is 0 Å². The van der Waals surface area contributed by atoms with Crippen LogP contribution >= 0.6 is 0 Å². The van der Waals surface area contributed by atoms with Crippen molar-refractivity contribution in [3.05, 3.63) is 23.0 Å². The third-order valence-electron chi connectivity index (χ3n) is 1.94. The second kappa shape index (κ2) is 4.20. The summed E-state index contributed by atoms with van der Waals surface area (Å²) in [5.74, 6) is -1.76. The fourth-order valence-corrected chi connectivity index (χ4v) is 1.19. The predicted octanol–water partition coefficient (Wildman–Crippen LogP) is 1.66. The van der Waals surface area contributed by atoms with E-state index in [0.717, 1.165) is 6.20 Å². The molecule has 0 unspecified atom stereocenters. The van der Waals surface area contributed by atoms with Gasteiger partial charge in [-0.1, -0.05) is 0 Å². The van der Waals surface area contributed by atoms with Crippen LogP contribution in [-0.2, 0) is 11.2 Å². The molecule has 82 valence electrons. The molecular weight excluding hydrogens is 208 g/mol. The SMILES string of the molecule is Cc1ncc(C(F)F)c(CC(=O)O)c1O. The van der Waals surface area contributed by atoms with Crippen LogP contribution in [0.1, 0.15) is 23.2 Å². The van der Waals surface area contributed by atoms with Crippen molar-refractivity contribution in [3.8, 4) is 5.75 Å². The smallest absolute Gasteiger partial charge is 0.307 e. The maximum atomic E-state index is 12.4. The molecule has 6 heteroatoms. The number of alkyl halides is 2. The minimum Gasteiger partial charge on any atom is -0.506 e. The van der Waals surface area contributed by atoms with Crippen molar-refractivity contribution < 1.29 is 23.8 Å². The number of pyridine rings is 1. The average Bonchev–Trinajstić information content (AvgIpc) is 2.12. The van der Waals surface area contributed by atoms with Gasteiger partial charge in [0.25, 0.3) is 6.43 Å². The number of carbonyl (C=O) groups is 1. The number of aromatic hydroxyl groups is 1. The van der Waals surface area contributed by atoms with E-state index in [2.05, 4.69) is 4.98 Å². The standard InChI is InChI=1S/C9H9F2NO3/c1-4-8(15)5(2-7(13)14)6(3-12-4)9(10)11/h3,9,15H,2H2,1H3,(H,13,14). The van der Waals surface area contributed by atoms with Gasteiger partial charge in [-0.3, -0.25) is 9.78 Å². The van der Waals surface area contributed by atoms with E-state index in [0.29, 0.717) is 0 Å². The van der Waals surface area contributed by atoms with Crippen LogP contribution in [0.4, 0.5) is 8.78 Å². The molecule has 0 bridgehead atoms. The Morgan fingerprint density at radius 2 is 2.20 bits per heavy atom. The van der Waals surface area contributed by atoms with Gasteiger partial charge in [0.2, 0.25) is 0 Å². The Balaban J connectivity index is 3.28. The highest BCUT2D eigenvalue weighted by atomic mass is 19.3. The number of rotatable bonds is 3. The first-order valence-corrected chi connectivity index (χ1v) is 4.10. The molecule has 0 spiro atoms. The van der Waals surface area contributed by atoms with Crippen LogP contribution in [0.25, 0.3) is 0 Å². The van der Waals surface area contributed by atoms with E-state index in [-0.39, 0.29) is 11.3 Å². The molecular formula is C9H9F2NO3. The Hall–Kier alpha value is -1.72. The molecule has 1 rings (SSSR count). The normalized spacial score (nSPS) is 10.7. The highest BCUT2D eigenvalue weighted by molar-refractivity contribution is 5.72. The Morgan fingerprint density at radius 3 is 2.67 bits per heavy atom. The van der Waals surface area contributed by atoms with E-state index in [1.54, 1.807) is 0 Å². The van der Waals surface area contributed by atoms with Gasteiger partial charge in [0.15, 0.2) is 0 Å². The molecule has 15 heavy (non-hydrogen) atoms. The van der Waals surface area contributed by atoms with Crippen LogP contribution in [0, 0.1) is 6.92 Å². The number of nitrogens with zero attached hydrogens (tertiary/aromatic N) is 1. The summed E-state index contributed by atoms with van der Waals surface area (Å²) in [5.41, 5.74) is -0.679. The third kappa shape index (κ3) is 2.39. The largest absolute Gasteiger partial charge is 0.506 e. The molecule has 0 saturated heterocycles. The number of halogens is 2. The maximum Gasteiger partial charge on any atom is 0.307 e. The van der Waals surface area contributed by atoms with Crippen LogP contribution in [0.5, 0.6) is 5.75 Å². The maximum absolute atomic E-state index is 12.4. The van der Waals surface area contributed by atoms with E-state index >= 15 is 0 Å². The lowest BCUT2D eigenvalue weighted by atomic mass is 10.0. The lowest BCUT2D eigenvalue weighted by molar-refractivity contribution is -0.136. The van der Waals surface area contributed by atoms with Gasteiger partial charge in [-0.15, -0.1) is 0 Å². The fraction of sp³-hybridized carbons (Fsp3) is 0.333. The number of hydrogen-bond donors (Lipinski definition) is 2. The Bertz CT molecular complexity index is 393. The van der Waals surface area contributed by atoms with Crippen molar-refractivity contribution in [3.63, 3.8) is 0 Å². The number of hydrogen-bond acceptors (Lipinski definition) is 3. The predicted molar refractivity (Wildman–Crippen MR) is 46.9 cm³/mol. The third-order valence-corrected chi connectivity index (χ3v) is 1.94. The van der Waals surface area contributed by atoms with Gasteiger partial charge in [0.1, 0.15) is 5.75 Å². The average molecular weight is 217 g/mol. The molecule has 0 saturated carbocycles. The second-order valence-electron chi connectivity index (χ2n) is 3.00. The molecule has 0 aliphatic heterocycles. The summed E-state index contributed by atoms with van der Waals surface area (Å²) in [7, 11) is 0. The molecule has 0 atom stereocenters. The number of carboxylic acid groups (broad SMARTS) is 1. The topological polar surface area (TPSA) is 70.4 Å². The second-order valence-corrected chi connectivity index (χ2v) is 3.00. The number of aliphatic carboxylic acids is 1. The van der Waals surface area contributed by atoms with E-state index in [1.165, 1.54) is 6.92 Å². The van der Waals surface area contributed by atoms with Crippen LogP contribution in [-0.4, -0.2) is 21.2 Å².